The van der Waals surface area contributed by atoms with E-state index >= 15 is 0 Å². The first-order valence-electron chi connectivity index (χ1n) is 6.64. The zero-order valence-corrected chi connectivity index (χ0v) is 10.8. The Morgan fingerprint density at radius 2 is 1.95 bits per heavy atom. The van der Waals surface area contributed by atoms with E-state index in [9.17, 15) is 5.11 Å². The normalized spacial score (nSPS) is 18.4. The fourth-order valence-corrected chi connectivity index (χ4v) is 2.49. The number of ether oxygens (including phenoxy) is 1. The highest BCUT2D eigenvalue weighted by Crippen LogP contribution is 2.25. The summed E-state index contributed by atoms with van der Waals surface area (Å²) in [5.41, 5.74) is 0.668. The second-order valence-corrected chi connectivity index (χ2v) is 5.07. The molecule has 0 atom stereocenters. The molecule has 0 saturated carbocycles. The number of anilines is 1. The zero-order valence-electron chi connectivity index (χ0n) is 10.8. The van der Waals surface area contributed by atoms with Crippen LogP contribution in [0.1, 0.15) is 12.8 Å². The number of rotatable bonds is 3. The molecule has 2 aromatic rings. The van der Waals surface area contributed by atoms with Gasteiger partial charge in [0, 0.05) is 18.6 Å². The lowest BCUT2D eigenvalue weighted by Crippen LogP contribution is -2.47. The van der Waals surface area contributed by atoms with Gasteiger partial charge < -0.3 is 15.2 Å². The molecule has 19 heavy (non-hydrogen) atoms. The average molecular weight is 258 g/mol. The molecule has 2 N–H and O–H groups in total. The summed E-state index contributed by atoms with van der Waals surface area (Å²) in [6.07, 6.45) is 1.61. The van der Waals surface area contributed by atoms with Crippen molar-refractivity contribution in [1.29, 1.82) is 0 Å². The summed E-state index contributed by atoms with van der Waals surface area (Å²) in [4.78, 5) is 4.60. The number of aliphatic hydroxyl groups is 1. The van der Waals surface area contributed by atoms with Crippen molar-refractivity contribution in [1.82, 2.24) is 4.98 Å². The van der Waals surface area contributed by atoms with Crippen LogP contribution in [0.15, 0.2) is 36.4 Å². The van der Waals surface area contributed by atoms with Crippen LogP contribution in [0.3, 0.4) is 0 Å². The molecule has 0 bridgehead atoms. The van der Waals surface area contributed by atoms with Gasteiger partial charge in [0.2, 0.25) is 0 Å². The van der Waals surface area contributed by atoms with E-state index in [1.165, 1.54) is 0 Å². The summed E-state index contributed by atoms with van der Waals surface area (Å²) in [5, 5.41) is 14.2. The molecule has 100 valence electrons. The maximum Gasteiger partial charge on any atom is 0.127 e. The number of aromatic nitrogens is 1. The van der Waals surface area contributed by atoms with Crippen LogP contribution in [-0.4, -0.2) is 35.5 Å². The van der Waals surface area contributed by atoms with E-state index in [4.69, 9.17) is 4.74 Å². The van der Waals surface area contributed by atoms with Crippen LogP contribution in [-0.2, 0) is 4.74 Å². The third kappa shape index (κ3) is 2.55. The van der Waals surface area contributed by atoms with E-state index in [1.54, 1.807) is 0 Å². The van der Waals surface area contributed by atoms with Gasteiger partial charge in [-0.2, -0.15) is 0 Å². The van der Waals surface area contributed by atoms with Gasteiger partial charge in [0.05, 0.1) is 17.7 Å². The number of hydrogen-bond acceptors (Lipinski definition) is 4. The molecule has 1 saturated heterocycles. The Kier molecular flexibility index (Phi) is 3.36. The molecule has 0 unspecified atom stereocenters. The van der Waals surface area contributed by atoms with E-state index in [1.807, 2.05) is 30.3 Å². The molecule has 0 amide bonds. The Morgan fingerprint density at radius 1 is 1.16 bits per heavy atom. The highest BCUT2D eigenvalue weighted by Gasteiger charge is 2.32. The van der Waals surface area contributed by atoms with E-state index in [-0.39, 0.29) is 12.1 Å². The minimum atomic E-state index is -0.298. The lowest BCUT2D eigenvalue weighted by Gasteiger charge is -2.36. The van der Waals surface area contributed by atoms with Gasteiger partial charge >= 0.3 is 0 Å². The molecule has 1 aliphatic rings. The van der Waals surface area contributed by atoms with E-state index < -0.39 is 0 Å². The van der Waals surface area contributed by atoms with Crippen LogP contribution in [0.5, 0.6) is 0 Å². The first-order chi connectivity index (χ1) is 9.31. The van der Waals surface area contributed by atoms with E-state index in [2.05, 4.69) is 16.4 Å². The number of nitrogens with zero attached hydrogens (tertiary/aromatic N) is 1. The molecule has 4 heteroatoms. The Bertz CT molecular complexity index is 565. The third-order valence-electron chi connectivity index (χ3n) is 3.74. The summed E-state index contributed by atoms with van der Waals surface area (Å²) in [5.74, 6) is 0.814. The minimum Gasteiger partial charge on any atom is -0.394 e. The number of benzene rings is 1. The number of pyridine rings is 1. The van der Waals surface area contributed by atoms with Crippen molar-refractivity contribution >= 4 is 16.7 Å². The molecule has 4 nitrogen and oxygen atoms in total. The minimum absolute atomic E-state index is 0.102. The second-order valence-electron chi connectivity index (χ2n) is 5.07. The zero-order chi connectivity index (χ0) is 13.1. The highest BCUT2D eigenvalue weighted by molar-refractivity contribution is 5.80. The first-order valence-corrected chi connectivity index (χ1v) is 6.64. The van der Waals surface area contributed by atoms with Crippen LogP contribution in [0.2, 0.25) is 0 Å². The lowest BCUT2D eigenvalue weighted by atomic mass is 9.91. The molecule has 1 aromatic heterocycles. The highest BCUT2D eigenvalue weighted by atomic mass is 16.5. The average Bonchev–Trinajstić information content (AvgIpc) is 2.48. The Hall–Kier alpha value is -1.65. The van der Waals surface area contributed by atoms with Crippen molar-refractivity contribution in [2.75, 3.05) is 25.1 Å². The molecule has 1 aliphatic heterocycles. The summed E-state index contributed by atoms with van der Waals surface area (Å²) < 4.78 is 5.36. The molecule has 2 heterocycles. The van der Waals surface area contributed by atoms with E-state index in [0.717, 1.165) is 29.6 Å². The largest absolute Gasteiger partial charge is 0.394 e. The number of aliphatic hydroxyl groups excluding tert-OH is 1. The fraction of sp³-hybridized carbons (Fsp3) is 0.400. The molecule has 0 spiro atoms. The van der Waals surface area contributed by atoms with Gasteiger partial charge in [0.1, 0.15) is 5.82 Å². The molecule has 0 radical (unpaired) electrons. The van der Waals surface area contributed by atoms with Gasteiger partial charge in [-0.3, -0.25) is 0 Å². The summed E-state index contributed by atoms with van der Waals surface area (Å²) in [7, 11) is 0. The van der Waals surface area contributed by atoms with Gasteiger partial charge in [-0.15, -0.1) is 0 Å². The van der Waals surface area contributed by atoms with Gasteiger partial charge in [-0.05, 0) is 31.0 Å². The molecular formula is C15H18N2O2. The topological polar surface area (TPSA) is 54.4 Å². The number of hydrogen-bond donors (Lipinski definition) is 2. The van der Waals surface area contributed by atoms with Crippen LogP contribution in [0.25, 0.3) is 10.9 Å². The van der Waals surface area contributed by atoms with Gasteiger partial charge in [-0.1, -0.05) is 18.2 Å². The van der Waals surface area contributed by atoms with Crippen molar-refractivity contribution in [2.45, 2.75) is 18.4 Å². The standard InChI is InChI=1S/C15H18N2O2/c18-11-15(7-9-19-10-8-15)17-14-6-5-12-3-1-2-4-13(12)16-14/h1-6,18H,7-11H2,(H,16,17). The summed E-state index contributed by atoms with van der Waals surface area (Å²) in [6, 6.07) is 12.0. The first kappa shape index (κ1) is 12.4. The van der Waals surface area contributed by atoms with Crippen LogP contribution >= 0.6 is 0 Å². The van der Waals surface area contributed by atoms with Crippen molar-refractivity contribution in [2.24, 2.45) is 0 Å². The van der Waals surface area contributed by atoms with Crippen LogP contribution in [0, 0.1) is 0 Å². The third-order valence-corrected chi connectivity index (χ3v) is 3.74. The van der Waals surface area contributed by atoms with Crippen molar-refractivity contribution in [3.05, 3.63) is 36.4 Å². The Morgan fingerprint density at radius 3 is 2.74 bits per heavy atom. The SMILES string of the molecule is OCC1(Nc2ccc3ccccc3n2)CCOCC1. The molecular weight excluding hydrogens is 240 g/mol. The molecule has 1 aromatic carbocycles. The Balaban J connectivity index is 1.87. The van der Waals surface area contributed by atoms with Crippen molar-refractivity contribution < 1.29 is 9.84 Å². The predicted molar refractivity (Wildman–Crippen MR) is 75.2 cm³/mol. The lowest BCUT2D eigenvalue weighted by molar-refractivity contribution is 0.0378. The predicted octanol–water partition coefficient (Wildman–Crippen LogP) is 2.19. The number of nitrogens with one attached hydrogen (secondary N) is 1. The molecule has 1 fully saturated rings. The summed E-state index contributed by atoms with van der Waals surface area (Å²) in [6.45, 7) is 1.47. The fourth-order valence-electron chi connectivity index (χ4n) is 2.49. The van der Waals surface area contributed by atoms with Gasteiger partial charge in [0.15, 0.2) is 0 Å². The maximum absolute atomic E-state index is 9.67. The Labute approximate surface area is 112 Å². The quantitative estimate of drug-likeness (QED) is 0.886. The number of para-hydroxylation sites is 1. The van der Waals surface area contributed by atoms with Crippen molar-refractivity contribution in [3.8, 4) is 0 Å². The second kappa shape index (κ2) is 5.15. The van der Waals surface area contributed by atoms with Gasteiger partial charge in [0.25, 0.3) is 0 Å². The monoisotopic (exact) mass is 258 g/mol. The number of fused-ring (bicyclic) bond motifs is 1. The molecule has 3 rings (SSSR count). The summed E-state index contributed by atoms with van der Waals surface area (Å²) >= 11 is 0. The van der Waals surface area contributed by atoms with Crippen molar-refractivity contribution in [3.63, 3.8) is 0 Å². The molecule has 0 aliphatic carbocycles. The van der Waals surface area contributed by atoms with E-state index in [0.29, 0.717) is 13.2 Å². The van der Waals surface area contributed by atoms with Gasteiger partial charge in [-0.25, -0.2) is 4.98 Å². The van der Waals surface area contributed by atoms with Crippen LogP contribution in [0.4, 0.5) is 5.82 Å². The maximum atomic E-state index is 9.67. The van der Waals surface area contributed by atoms with Crippen LogP contribution < -0.4 is 5.32 Å². The smallest absolute Gasteiger partial charge is 0.127 e.